The second kappa shape index (κ2) is 9.45. The molecule has 5 nitrogen and oxygen atoms in total. The van der Waals surface area contributed by atoms with Crippen molar-refractivity contribution in [1.29, 1.82) is 0 Å². The summed E-state index contributed by atoms with van der Waals surface area (Å²) in [5.74, 6) is 0.698. The third kappa shape index (κ3) is 4.59. The van der Waals surface area contributed by atoms with Gasteiger partial charge in [0.1, 0.15) is 22.1 Å². The summed E-state index contributed by atoms with van der Waals surface area (Å²) in [4.78, 5) is 17.6. The van der Waals surface area contributed by atoms with Gasteiger partial charge in [-0.15, -0.1) is 11.3 Å². The van der Waals surface area contributed by atoms with Crippen LogP contribution in [0.1, 0.15) is 15.9 Å². The number of hydrogen-bond acceptors (Lipinski definition) is 5. The Labute approximate surface area is 185 Å². The van der Waals surface area contributed by atoms with Crippen LogP contribution >= 0.6 is 11.3 Å². The van der Waals surface area contributed by atoms with Crippen molar-refractivity contribution in [3.05, 3.63) is 89.3 Å². The Morgan fingerprint density at radius 1 is 0.903 bits per heavy atom. The summed E-state index contributed by atoms with van der Waals surface area (Å²) < 4.78 is 10.7. The topological polar surface area (TPSA) is 60.5 Å². The van der Waals surface area contributed by atoms with Crippen LogP contribution in [0, 0.1) is 0 Å². The highest BCUT2D eigenvalue weighted by atomic mass is 32.1. The van der Waals surface area contributed by atoms with Gasteiger partial charge in [0.25, 0.3) is 5.91 Å². The zero-order valence-corrected chi connectivity index (χ0v) is 18.1. The first kappa shape index (κ1) is 20.6. The molecule has 0 bridgehead atoms. The molecule has 0 aliphatic rings. The van der Waals surface area contributed by atoms with E-state index in [-0.39, 0.29) is 5.91 Å². The van der Waals surface area contributed by atoms with Crippen LogP contribution in [0.25, 0.3) is 21.8 Å². The van der Waals surface area contributed by atoms with Gasteiger partial charge in [-0.25, -0.2) is 4.98 Å². The van der Waals surface area contributed by atoms with Crippen LogP contribution in [0.2, 0.25) is 0 Å². The number of thiazole rings is 1. The monoisotopic (exact) mass is 430 g/mol. The van der Waals surface area contributed by atoms with E-state index in [1.54, 1.807) is 29.5 Å². The number of carbonyl (C=O) groups is 1. The number of ether oxygens (including phenoxy) is 2. The molecule has 0 aliphatic carbocycles. The number of rotatable bonds is 7. The summed E-state index contributed by atoms with van der Waals surface area (Å²) in [5.41, 5.74) is 4.45. The third-order valence-corrected chi connectivity index (χ3v) is 5.75. The predicted molar refractivity (Wildman–Crippen MR) is 124 cm³/mol. The summed E-state index contributed by atoms with van der Waals surface area (Å²) in [6.07, 6.45) is 0. The van der Waals surface area contributed by atoms with Crippen LogP contribution < -0.4 is 14.8 Å². The number of benzene rings is 3. The fourth-order valence-electron chi connectivity index (χ4n) is 3.31. The lowest BCUT2D eigenvalue weighted by Crippen LogP contribution is -2.24. The lowest BCUT2D eigenvalue weighted by Gasteiger charge is -2.13. The van der Waals surface area contributed by atoms with Crippen LogP contribution in [0.4, 0.5) is 0 Å². The minimum absolute atomic E-state index is 0.250. The van der Waals surface area contributed by atoms with Gasteiger partial charge in [0.15, 0.2) is 0 Å². The average Bonchev–Trinajstić information content (AvgIpc) is 3.33. The molecule has 6 heteroatoms. The molecule has 31 heavy (non-hydrogen) atoms. The Bertz CT molecular complexity index is 1170. The van der Waals surface area contributed by atoms with Gasteiger partial charge < -0.3 is 14.8 Å². The molecule has 1 aromatic heterocycles. The van der Waals surface area contributed by atoms with Crippen molar-refractivity contribution >= 4 is 17.2 Å². The maximum Gasteiger partial charge on any atom is 0.259 e. The Balaban J connectivity index is 1.50. The molecular weight excluding hydrogens is 408 g/mol. The Kier molecular flexibility index (Phi) is 6.29. The van der Waals surface area contributed by atoms with Crippen LogP contribution in [0.15, 0.2) is 78.2 Å². The molecule has 0 saturated heterocycles. The number of hydrogen-bond donors (Lipinski definition) is 1. The molecule has 0 saturated carbocycles. The molecular formula is C25H22N2O3S. The van der Waals surface area contributed by atoms with Crippen LogP contribution in [-0.2, 0) is 6.54 Å². The molecule has 4 aromatic rings. The molecule has 0 atom stereocenters. The smallest absolute Gasteiger partial charge is 0.259 e. The van der Waals surface area contributed by atoms with Crippen LogP contribution in [-0.4, -0.2) is 25.1 Å². The van der Waals surface area contributed by atoms with Crippen molar-refractivity contribution in [2.24, 2.45) is 0 Å². The maximum atomic E-state index is 12.8. The van der Waals surface area contributed by atoms with E-state index in [2.05, 4.69) is 22.8 Å². The van der Waals surface area contributed by atoms with Crippen molar-refractivity contribution in [1.82, 2.24) is 10.3 Å². The first-order chi connectivity index (χ1) is 15.2. The van der Waals surface area contributed by atoms with Gasteiger partial charge in [0.2, 0.25) is 0 Å². The van der Waals surface area contributed by atoms with Crippen LogP contribution in [0.5, 0.6) is 11.5 Å². The molecule has 0 unspecified atom stereocenters. The van der Waals surface area contributed by atoms with Gasteiger partial charge in [-0.1, -0.05) is 54.6 Å². The quantitative estimate of drug-likeness (QED) is 0.425. The maximum absolute atomic E-state index is 12.8. The van der Waals surface area contributed by atoms with E-state index in [4.69, 9.17) is 14.5 Å². The lowest BCUT2D eigenvalue weighted by atomic mass is 10.1. The minimum Gasteiger partial charge on any atom is -0.496 e. The van der Waals surface area contributed by atoms with E-state index in [9.17, 15) is 4.79 Å². The van der Waals surface area contributed by atoms with Crippen molar-refractivity contribution in [2.75, 3.05) is 14.2 Å². The zero-order valence-electron chi connectivity index (χ0n) is 17.3. The highest BCUT2D eigenvalue weighted by molar-refractivity contribution is 7.13. The van der Waals surface area contributed by atoms with E-state index in [0.717, 1.165) is 27.4 Å². The largest absolute Gasteiger partial charge is 0.496 e. The van der Waals surface area contributed by atoms with E-state index in [0.29, 0.717) is 23.6 Å². The minimum atomic E-state index is -0.250. The predicted octanol–water partition coefficient (Wildman–Crippen LogP) is 5.42. The summed E-state index contributed by atoms with van der Waals surface area (Å²) in [6, 6.07) is 23.4. The summed E-state index contributed by atoms with van der Waals surface area (Å²) in [7, 11) is 3.07. The number of methoxy groups -OCH3 is 2. The SMILES string of the molecule is COc1cccc(OC)c1C(=O)NCc1cccc(-c2nc(-c3ccccc3)cs2)c1. The fraction of sp³-hybridized carbons (Fsp3) is 0.120. The molecule has 1 heterocycles. The molecule has 0 fully saturated rings. The standard InChI is InChI=1S/C25H22N2O3S/c1-29-21-12-7-13-22(30-2)23(21)24(28)26-15-17-8-6-11-19(14-17)25-27-20(16-31-25)18-9-4-3-5-10-18/h3-14,16H,15H2,1-2H3,(H,26,28). The van der Waals surface area contributed by atoms with Gasteiger partial charge in [-0.2, -0.15) is 0 Å². The van der Waals surface area contributed by atoms with Gasteiger partial charge in [0, 0.05) is 23.1 Å². The first-order valence-electron chi connectivity index (χ1n) is 9.79. The normalized spacial score (nSPS) is 10.5. The van der Waals surface area contributed by atoms with Crippen molar-refractivity contribution < 1.29 is 14.3 Å². The summed E-state index contributed by atoms with van der Waals surface area (Å²) in [5, 5.41) is 5.96. The Morgan fingerprint density at radius 2 is 1.58 bits per heavy atom. The molecule has 156 valence electrons. The number of nitrogens with zero attached hydrogens (tertiary/aromatic N) is 1. The molecule has 0 aliphatic heterocycles. The molecule has 1 amide bonds. The fourth-order valence-corrected chi connectivity index (χ4v) is 4.13. The Morgan fingerprint density at radius 3 is 2.29 bits per heavy atom. The number of aromatic nitrogens is 1. The summed E-state index contributed by atoms with van der Waals surface area (Å²) >= 11 is 1.61. The van der Waals surface area contributed by atoms with Gasteiger partial charge in [-0.05, 0) is 23.8 Å². The third-order valence-electron chi connectivity index (χ3n) is 4.86. The van der Waals surface area contributed by atoms with Crippen LogP contribution in [0.3, 0.4) is 0 Å². The molecule has 3 aromatic carbocycles. The Hall–Kier alpha value is -3.64. The highest BCUT2D eigenvalue weighted by Crippen LogP contribution is 2.30. The van der Waals surface area contributed by atoms with E-state index >= 15 is 0 Å². The van der Waals surface area contributed by atoms with E-state index in [1.807, 2.05) is 42.5 Å². The van der Waals surface area contributed by atoms with E-state index < -0.39 is 0 Å². The van der Waals surface area contributed by atoms with Crippen molar-refractivity contribution in [3.63, 3.8) is 0 Å². The van der Waals surface area contributed by atoms with Gasteiger partial charge in [0.05, 0.1) is 19.9 Å². The molecule has 1 N–H and O–H groups in total. The van der Waals surface area contributed by atoms with Crippen molar-refractivity contribution in [3.8, 4) is 33.3 Å². The van der Waals surface area contributed by atoms with Crippen molar-refractivity contribution in [2.45, 2.75) is 6.54 Å². The highest BCUT2D eigenvalue weighted by Gasteiger charge is 2.18. The molecule has 0 spiro atoms. The van der Waals surface area contributed by atoms with Gasteiger partial charge in [-0.3, -0.25) is 4.79 Å². The molecule has 4 rings (SSSR count). The first-order valence-corrected chi connectivity index (χ1v) is 10.7. The lowest BCUT2D eigenvalue weighted by molar-refractivity contribution is 0.0944. The number of nitrogens with one attached hydrogen (secondary N) is 1. The molecule has 0 radical (unpaired) electrons. The van der Waals surface area contributed by atoms with Gasteiger partial charge >= 0.3 is 0 Å². The summed E-state index contributed by atoms with van der Waals surface area (Å²) in [6.45, 7) is 0.380. The second-order valence-corrected chi connectivity index (χ2v) is 7.68. The number of amides is 1. The zero-order chi connectivity index (χ0) is 21.6. The van der Waals surface area contributed by atoms with E-state index in [1.165, 1.54) is 14.2 Å². The second-order valence-electron chi connectivity index (χ2n) is 6.82. The number of carbonyl (C=O) groups excluding carboxylic acids is 1. The average molecular weight is 431 g/mol.